The molecule has 1 unspecified atom stereocenters. The van der Waals surface area contributed by atoms with Gasteiger partial charge in [-0.2, -0.15) is 0 Å². The zero-order valence-corrected chi connectivity index (χ0v) is 7.68. The fourth-order valence-corrected chi connectivity index (χ4v) is 1.72. The summed E-state index contributed by atoms with van der Waals surface area (Å²) in [7, 11) is 1.78. The van der Waals surface area contributed by atoms with Crippen LogP contribution in [0.2, 0.25) is 0 Å². The lowest BCUT2D eigenvalue weighted by Crippen LogP contribution is -2.20. The standard InChI is InChI=1S/C9H19NO/c1-3-10-6-4-9(8-10)5-7-11-2/h9H,3-8H2,1-2H3. The second-order valence-corrected chi connectivity index (χ2v) is 3.33. The molecule has 0 aromatic heterocycles. The number of likely N-dealkylation sites (tertiary alicyclic amines) is 1. The molecule has 2 heteroatoms. The van der Waals surface area contributed by atoms with Crippen LogP contribution in [0.4, 0.5) is 0 Å². The molecule has 0 N–H and O–H groups in total. The van der Waals surface area contributed by atoms with Crippen molar-refractivity contribution in [3.63, 3.8) is 0 Å². The van der Waals surface area contributed by atoms with E-state index in [0.29, 0.717) is 0 Å². The smallest absolute Gasteiger partial charge is 0.0465 e. The number of hydrogen-bond donors (Lipinski definition) is 0. The molecule has 0 saturated carbocycles. The van der Waals surface area contributed by atoms with Gasteiger partial charge in [0.15, 0.2) is 0 Å². The maximum Gasteiger partial charge on any atom is 0.0465 e. The number of ether oxygens (including phenoxy) is 1. The number of nitrogens with zero attached hydrogens (tertiary/aromatic N) is 1. The van der Waals surface area contributed by atoms with Gasteiger partial charge in [0.2, 0.25) is 0 Å². The van der Waals surface area contributed by atoms with Crippen molar-refractivity contribution in [2.24, 2.45) is 5.92 Å². The van der Waals surface area contributed by atoms with Gasteiger partial charge in [-0.15, -0.1) is 0 Å². The Bertz CT molecular complexity index is 106. The first kappa shape index (κ1) is 9.01. The molecule has 1 rings (SSSR count). The lowest BCUT2D eigenvalue weighted by molar-refractivity contribution is 0.177. The topological polar surface area (TPSA) is 12.5 Å². The quantitative estimate of drug-likeness (QED) is 0.611. The van der Waals surface area contributed by atoms with E-state index in [1.807, 2.05) is 0 Å². The summed E-state index contributed by atoms with van der Waals surface area (Å²) in [5.41, 5.74) is 0. The van der Waals surface area contributed by atoms with Gasteiger partial charge in [-0.25, -0.2) is 0 Å². The predicted octanol–water partition coefficient (Wildman–Crippen LogP) is 1.36. The van der Waals surface area contributed by atoms with Crippen LogP contribution in [0.25, 0.3) is 0 Å². The summed E-state index contributed by atoms with van der Waals surface area (Å²) >= 11 is 0. The minimum Gasteiger partial charge on any atom is -0.385 e. The summed E-state index contributed by atoms with van der Waals surface area (Å²) < 4.78 is 5.05. The predicted molar refractivity (Wildman–Crippen MR) is 46.7 cm³/mol. The number of rotatable bonds is 4. The van der Waals surface area contributed by atoms with E-state index in [-0.39, 0.29) is 0 Å². The van der Waals surface area contributed by atoms with Crippen molar-refractivity contribution in [3.8, 4) is 0 Å². The molecule has 1 atom stereocenters. The monoisotopic (exact) mass is 157 g/mol. The van der Waals surface area contributed by atoms with E-state index in [4.69, 9.17) is 4.74 Å². The molecule has 1 saturated heterocycles. The molecule has 0 bridgehead atoms. The van der Waals surface area contributed by atoms with Crippen molar-refractivity contribution in [2.75, 3.05) is 33.4 Å². The molecule has 1 fully saturated rings. The summed E-state index contributed by atoms with van der Waals surface area (Å²) in [6.07, 6.45) is 2.62. The van der Waals surface area contributed by atoms with E-state index in [0.717, 1.165) is 12.5 Å². The molecule has 0 radical (unpaired) electrons. The Balaban J connectivity index is 2.09. The highest BCUT2D eigenvalue weighted by Crippen LogP contribution is 2.18. The Hall–Kier alpha value is -0.0800. The lowest BCUT2D eigenvalue weighted by Gasteiger charge is -2.12. The molecule has 66 valence electrons. The van der Waals surface area contributed by atoms with E-state index < -0.39 is 0 Å². The average Bonchev–Trinajstić information content (AvgIpc) is 2.48. The minimum absolute atomic E-state index is 0.898. The number of methoxy groups -OCH3 is 1. The van der Waals surface area contributed by atoms with Gasteiger partial charge in [0.05, 0.1) is 0 Å². The molecule has 1 aliphatic heterocycles. The zero-order valence-electron chi connectivity index (χ0n) is 7.68. The van der Waals surface area contributed by atoms with E-state index in [2.05, 4.69) is 11.8 Å². The SMILES string of the molecule is CCN1CCC(CCOC)C1. The lowest BCUT2D eigenvalue weighted by atomic mass is 10.1. The average molecular weight is 157 g/mol. The van der Waals surface area contributed by atoms with Crippen molar-refractivity contribution in [3.05, 3.63) is 0 Å². The largest absolute Gasteiger partial charge is 0.385 e. The molecular weight excluding hydrogens is 138 g/mol. The van der Waals surface area contributed by atoms with E-state index in [1.54, 1.807) is 7.11 Å². The van der Waals surface area contributed by atoms with Crippen LogP contribution in [0.15, 0.2) is 0 Å². The molecule has 0 aromatic carbocycles. The Kier molecular flexibility index (Phi) is 3.87. The molecule has 0 aliphatic carbocycles. The number of hydrogen-bond acceptors (Lipinski definition) is 2. The van der Waals surface area contributed by atoms with Crippen molar-refractivity contribution >= 4 is 0 Å². The fourth-order valence-electron chi connectivity index (χ4n) is 1.72. The molecule has 0 amide bonds. The van der Waals surface area contributed by atoms with Crippen molar-refractivity contribution < 1.29 is 4.74 Å². The third kappa shape index (κ3) is 2.80. The first-order chi connectivity index (χ1) is 5.36. The molecule has 0 spiro atoms. The van der Waals surface area contributed by atoms with Gasteiger partial charge >= 0.3 is 0 Å². The highest BCUT2D eigenvalue weighted by Gasteiger charge is 2.19. The van der Waals surface area contributed by atoms with Gasteiger partial charge in [-0.05, 0) is 31.8 Å². The fraction of sp³-hybridized carbons (Fsp3) is 1.00. The van der Waals surface area contributed by atoms with E-state index in [9.17, 15) is 0 Å². The summed E-state index contributed by atoms with van der Waals surface area (Å²) in [5.74, 6) is 0.898. The van der Waals surface area contributed by atoms with Crippen LogP contribution < -0.4 is 0 Å². The highest BCUT2D eigenvalue weighted by atomic mass is 16.5. The van der Waals surface area contributed by atoms with Crippen LogP contribution in [0, 0.1) is 5.92 Å². The third-order valence-corrected chi connectivity index (χ3v) is 2.55. The Morgan fingerprint density at radius 2 is 2.36 bits per heavy atom. The molecule has 0 aromatic rings. The Labute approximate surface area is 69.5 Å². The summed E-state index contributed by atoms with van der Waals surface area (Å²) in [6.45, 7) is 6.97. The van der Waals surface area contributed by atoms with Crippen molar-refractivity contribution in [1.82, 2.24) is 4.90 Å². The molecular formula is C9H19NO. The van der Waals surface area contributed by atoms with Gasteiger partial charge < -0.3 is 9.64 Å². The minimum atomic E-state index is 0.898. The molecule has 1 heterocycles. The highest BCUT2D eigenvalue weighted by molar-refractivity contribution is 4.74. The summed E-state index contributed by atoms with van der Waals surface area (Å²) in [5, 5.41) is 0. The molecule has 2 nitrogen and oxygen atoms in total. The molecule has 11 heavy (non-hydrogen) atoms. The van der Waals surface area contributed by atoms with Gasteiger partial charge in [-0.3, -0.25) is 0 Å². The maximum atomic E-state index is 5.05. The normalized spacial score (nSPS) is 26.2. The summed E-state index contributed by atoms with van der Waals surface area (Å²) in [4.78, 5) is 2.51. The van der Waals surface area contributed by atoms with Gasteiger partial charge in [0, 0.05) is 20.3 Å². The van der Waals surface area contributed by atoms with Crippen molar-refractivity contribution in [2.45, 2.75) is 19.8 Å². The van der Waals surface area contributed by atoms with Gasteiger partial charge in [-0.1, -0.05) is 6.92 Å². The Morgan fingerprint density at radius 3 is 2.91 bits per heavy atom. The van der Waals surface area contributed by atoms with E-state index >= 15 is 0 Å². The van der Waals surface area contributed by atoms with Crippen molar-refractivity contribution in [1.29, 1.82) is 0 Å². The van der Waals surface area contributed by atoms with Gasteiger partial charge in [0.25, 0.3) is 0 Å². The van der Waals surface area contributed by atoms with E-state index in [1.165, 1.54) is 32.5 Å². The van der Waals surface area contributed by atoms with Crippen LogP contribution >= 0.6 is 0 Å². The van der Waals surface area contributed by atoms with Crippen LogP contribution in [0.1, 0.15) is 19.8 Å². The van der Waals surface area contributed by atoms with Crippen LogP contribution in [0.5, 0.6) is 0 Å². The molecule has 1 aliphatic rings. The maximum absolute atomic E-state index is 5.05. The summed E-state index contributed by atoms with van der Waals surface area (Å²) in [6, 6.07) is 0. The third-order valence-electron chi connectivity index (χ3n) is 2.55. The second-order valence-electron chi connectivity index (χ2n) is 3.33. The first-order valence-electron chi connectivity index (χ1n) is 4.58. The van der Waals surface area contributed by atoms with Crippen LogP contribution in [-0.4, -0.2) is 38.3 Å². The van der Waals surface area contributed by atoms with Crippen LogP contribution in [0.3, 0.4) is 0 Å². The second kappa shape index (κ2) is 4.73. The van der Waals surface area contributed by atoms with Gasteiger partial charge in [0.1, 0.15) is 0 Å². The first-order valence-corrected chi connectivity index (χ1v) is 4.58. The van der Waals surface area contributed by atoms with Crippen LogP contribution in [-0.2, 0) is 4.74 Å². The zero-order chi connectivity index (χ0) is 8.10. The Morgan fingerprint density at radius 1 is 1.55 bits per heavy atom.